The standard InChI is InChI=1S/C20H26ClN7O4S2/c1-2-5-20(21)26-17-13(24-8-27(17)18-15(31)14(30)11(7-29)32-18)16(23)28(20)34-19-25-10-4-3-9(22)6-12(10)33-19/h3-4,6,8,11,14-16,18,26,29-31H,2,5,7,22-23H2,1H3/t11-,14?,15?,16?,18-,20?/m1/s1. The summed E-state index contributed by atoms with van der Waals surface area (Å²) >= 11 is 9.96. The van der Waals surface area contributed by atoms with E-state index in [0.29, 0.717) is 23.6 Å². The minimum absolute atomic E-state index is 0.425. The van der Waals surface area contributed by atoms with E-state index in [9.17, 15) is 15.3 Å². The Bertz CT molecular complexity index is 1200. The molecule has 0 radical (unpaired) electrons. The van der Waals surface area contributed by atoms with Gasteiger partial charge in [0.05, 0.1) is 23.2 Å². The van der Waals surface area contributed by atoms with Gasteiger partial charge in [-0.15, -0.1) is 11.3 Å². The first-order chi connectivity index (χ1) is 16.3. The topological polar surface area (TPSA) is 168 Å². The summed E-state index contributed by atoms with van der Waals surface area (Å²) in [6.07, 6.45) is -2.29. The van der Waals surface area contributed by atoms with Gasteiger partial charge >= 0.3 is 0 Å². The van der Waals surface area contributed by atoms with Gasteiger partial charge in [0.2, 0.25) is 0 Å². The average molecular weight is 528 g/mol. The number of anilines is 2. The number of nitrogens with one attached hydrogen (secondary N) is 1. The smallest absolute Gasteiger partial charge is 0.180 e. The number of thiazole rings is 1. The highest BCUT2D eigenvalue weighted by atomic mass is 35.5. The number of alkyl halides is 1. The van der Waals surface area contributed by atoms with Crippen molar-refractivity contribution in [3.8, 4) is 0 Å². The van der Waals surface area contributed by atoms with Crippen LogP contribution < -0.4 is 16.8 Å². The van der Waals surface area contributed by atoms with Crippen LogP contribution in [0.5, 0.6) is 0 Å². The SMILES string of the molecule is CCCC1(Cl)Nc2c(ncn2[C@@H]2O[C@H](CO)C(O)C2O)C(N)N1Sc1nc2ccc(N)cc2s1. The van der Waals surface area contributed by atoms with Gasteiger partial charge in [-0.2, -0.15) is 4.31 Å². The molecule has 11 nitrogen and oxygen atoms in total. The Kier molecular flexibility index (Phi) is 6.42. The lowest BCUT2D eigenvalue weighted by molar-refractivity contribution is -0.0521. The number of halogens is 1. The van der Waals surface area contributed by atoms with Crippen LogP contribution in [0.4, 0.5) is 11.5 Å². The summed E-state index contributed by atoms with van der Waals surface area (Å²) in [6.45, 7) is 1.59. The number of fused-ring (bicyclic) bond motifs is 2. The molecule has 34 heavy (non-hydrogen) atoms. The maximum Gasteiger partial charge on any atom is 0.180 e. The number of imidazole rings is 1. The van der Waals surface area contributed by atoms with E-state index in [4.69, 9.17) is 27.8 Å². The van der Waals surface area contributed by atoms with E-state index in [1.165, 1.54) is 29.6 Å². The molecular formula is C20H26ClN7O4S2. The molecule has 3 aromatic rings. The van der Waals surface area contributed by atoms with Crippen LogP contribution in [-0.2, 0) is 4.74 Å². The molecule has 6 atom stereocenters. The Balaban J connectivity index is 1.49. The normalized spacial score (nSPS) is 31.6. The van der Waals surface area contributed by atoms with Crippen LogP contribution in [0.25, 0.3) is 10.2 Å². The first-order valence-corrected chi connectivity index (χ1v) is 12.8. The zero-order valence-electron chi connectivity index (χ0n) is 18.2. The van der Waals surface area contributed by atoms with E-state index in [1.54, 1.807) is 4.57 Å². The van der Waals surface area contributed by atoms with E-state index < -0.39 is 42.4 Å². The molecule has 4 unspecified atom stereocenters. The molecule has 0 aliphatic carbocycles. The van der Waals surface area contributed by atoms with Gasteiger partial charge in [0.1, 0.15) is 36.0 Å². The third kappa shape index (κ3) is 3.94. The summed E-state index contributed by atoms with van der Waals surface area (Å²) in [4.78, 5) is 9.14. The van der Waals surface area contributed by atoms with Crippen LogP contribution >= 0.6 is 34.9 Å². The Morgan fingerprint density at radius 3 is 2.85 bits per heavy atom. The number of nitrogens with zero attached hydrogens (tertiary/aromatic N) is 4. The van der Waals surface area contributed by atoms with Crippen LogP contribution in [0.2, 0.25) is 0 Å². The Hall–Kier alpha value is -1.68. The summed E-state index contributed by atoms with van der Waals surface area (Å²) < 4.78 is 10.8. The molecule has 4 heterocycles. The van der Waals surface area contributed by atoms with Gasteiger partial charge in [0.25, 0.3) is 0 Å². The van der Waals surface area contributed by atoms with E-state index >= 15 is 0 Å². The third-order valence-electron chi connectivity index (χ3n) is 5.96. The van der Waals surface area contributed by atoms with Gasteiger partial charge in [0, 0.05) is 5.69 Å². The Labute approximate surface area is 208 Å². The predicted octanol–water partition coefficient (Wildman–Crippen LogP) is 1.77. The number of rotatable bonds is 6. The first-order valence-electron chi connectivity index (χ1n) is 10.8. The lowest BCUT2D eigenvalue weighted by Crippen LogP contribution is -2.54. The van der Waals surface area contributed by atoms with Gasteiger partial charge < -0.3 is 36.8 Å². The van der Waals surface area contributed by atoms with E-state index in [1.807, 2.05) is 29.4 Å². The second kappa shape index (κ2) is 9.08. The molecule has 0 bridgehead atoms. The van der Waals surface area contributed by atoms with Crippen molar-refractivity contribution in [2.45, 2.75) is 59.9 Å². The van der Waals surface area contributed by atoms with Gasteiger partial charge in [-0.05, 0) is 36.6 Å². The molecule has 2 aromatic heterocycles. The van der Waals surface area contributed by atoms with Gasteiger partial charge in [-0.3, -0.25) is 4.57 Å². The number of nitrogens with two attached hydrogens (primary N) is 2. The maximum atomic E-state index is 10.5. The van der Waals surface area contributed by atoms with Crippen LogP contribution in [0.3, 0.4) is 0 Å². The molecule has 14 heteroatoms. The summed E-state index contributed by atoms with van der Waals surface area (Å²) in [6, 6.07) is 5.57. The van der Waals surface area contributed by atoms with Crippen molar-refractivity contribution >= 4 is 56.6 Å². The fourth-order valence-electron chi connectivity index (χ4n) is 4.27. The number of benzene rings is 1. The molecule has 8 N–H and O–H groups in total. The summed E-state index contributed by atoms with van der Waals surface area (Å²) in [5.41, 5.74) is 14.6. The van der Waals surface area contributed by atoms with E-state index in [-0.39, 0.29) is 0 Å². The molecular weight excluding hydrogens is 502 g/mol. The maximum absolute atomic E-state index is 10.5. The van der Waals surface area contributed by atoms with E-state index in [0.717, 1.165) is 21.0 Å². The number of hydrogen-bond acceptors (Lipinski definition) is 12. The fourth-order valence-corrected chi connectivity index (χ4v) is 6.96. The molecule has 184 valence electrons. The van der Waals surface area contributed by atoms with Gasteiger partial charge in [-0.1, -0.05) is 24.9 Å². The molecule has 2 aliphatic heterocycles. The minimum Gasteiger partial charge on any atom is -0.399 e. The van der Waals surface area contributed by atoms with Crippen LogP contribution in [-0.4, -0.2) is 64.2 Å². The van der Waals surface area contributed by atoms with E-state index in [2.05, 4.69) is 15.3 Å². The molecule has 0 saturated carbocycles. The molecule has 2 aliphatic rings. The summed E-state index contributed by atoms with van der Waals surface area (Å²) in [5, 5.41) is 32.4. The monoisotopic (exact) mass is 527 g/mol. The summed E-state index contributed by atoms with van der Waals surface area (Å²) in [5.74, 6) is 0.486. The third-order valence-corrected chi connectivity index (χ3v) is 8.79. The highest BCUT2D eigenvalue weighted by molar-refractivity contribution is 7.99. The highest BCUT2D eigenvalue weighted by Gasteiger charge is 2.49. The summed E-state index contributed by atoms with van der Waals surface area (Å²) in [7, 11) is 0. The zero-order chi connectivity index (χ0) is 24.2. The average Bonchev–Trinajstić information content (AvgIpc) is 3.47. The number of hydrogen-bond donors (Lipinski definition) is 6. The van der Waals surface area contributed by atoms with Crippen LogP contribution in [0.1, 0.15) is 37.9 Å². The number of aliphatic hydroxyl groups is 3. The van der Waals surface area contributed by atoms with Crippen molar-refractivity contribution in [3.05, 3.63) is 30.2 Å². The number of aliphatic hydroxyl groups excluding tert-OH is 3. The van der Waals surface area contributed by atoms with Gasteiger partial charge in [0.15, 0.2) is 15.7 Å². The predicted molar refractivity (Wildman–Crippen MR) is 131 cm³/mol. The fraction of sp³-hybridized carbons (Fsp3) is 0.500. The Morgan fingerprint density at radius 1 is 1.35 bits per heavy atom. The molecule has 0 amide bonds. The number of nitrogen functional groups attached to an aromatic ring is 1. The molecule has 5 rings (SSSR count). The number of ether oxygens (including phenoxy) is 1. The van der Waals surface area contributed by atoms with Crippen LogP contribution in [0.15, 0.2) is 28.9 Å². The highest BCUT2D eigenvalue weighted by Crippen LogP contribution is 2.49. The lowest BCUT2D eigenvalue weighted by Gasteiger charge is -2.45. The van der Waals surface area contributed by atoms with Crippen molar-refractivity contribution in [1.29, 1.82) is 0 Å². The lowest BCUT2D eigenvalue weighted by atomic mass is 10.1. The molecule has 1 fully saturated rings. The van der Waals surface area contributed by atoms with Crippen molar-refractivity contribution in [2.75, 3.05) is 17.7 Å². The quantitative estimate of drug-likeness (QED) is 0.119. The molecule has 0 spiro atoms. The first kappa shape index (κ1) is 24.0. The second-order valence-corrected chi connectivity index (χ2v) is 11.2. The Morgan fingerprint density at radius 2 is 2.15 bits per heavy atom. The minimum atomic E-state index is -1.26. The molecule has 1 saturated heterocycles. The largest absolute Gasteiger partial charge is 0.399 e. The van der Waals surface area contributed by atoms with Crippen molar-refractivity contribution in [1.82, 2.24) is 18.8 Å². The van der Waals surface area contributed by atoms with Crippen molar-refractivity contribution in [2.24, 2.45) is 5.73 Å². The van der Waals surface area contributed by atoms with Crippen molar-refractivity contribution < 1.29 is 20.1 Å². The van der Waals surface area contributed by atoms with Crippen molar-refractivity contribution in [3.63, 3.8) is 0 Å². The second-order valence-electron chi connectivity index (χ2n) is 8.32. The van der Waals surface area contributed by atoms with Gasteiger partial charge in [-0.25, -0.2) is 9.97 Å². The zero-order valence-corrected chi connectivity index (χ0v) is 20.6. The van der Waals surface area contributed by atoms with Crippen LogP contribution in [0, 0.1) is 0 Å². The molecule has 1 aromatic carbocycles. The number of aromatic nitrogens is 3.